The maximum Gasteiger partial charge on any atom is 0.167 e. The third-order valence-corrected chi connectivity index (χ3v) is 3.72. The van der Waals surface area contributed by atoms with E-state index in [-0.39, 0.29) is 0 Å². The summed E-state index contributed by atoms with van der Waals surface area (Å²) in [5, 5.41) is 7.25. The Labute approximate surface area is 118 Å². The Morgan fingerprint density at radius 3 is 3.05 bits per heavy atom. The highest BCUT2D eigenvalue weighted by atomic mass is 15.3. The van der Waals surface area contributed by atoms with Crippen LogP contribution in [0.1, 0.15) is 49.0 Å². The number of rotatable bonds is 4. The van der Waals surface area contributed by atoms with Gasteiger partial charge in [-0.1, -0.05) is 6.92 Å². The van der Waals surface area contributed by atoms with Crippen LogP contribution in [-0.2, 0) is 13.0 Å². The number of likely N-dealkylation sites (tertiary alicyclic amines) is 1. The molecule has 1 fully saturated rings. The summed E-state index contributed by atoms with van der Waals surface area (Å²) in [6, 6.07) is 2.30. The van der Waals surface area contributed by atoms with Gasteiger partial charge in [-0.05, 0) is 32.4 Å². The molecule has 3 rings (SSSR count). The molecule has 6 nitrogen and oxygen atoms in total. The number of aromatic nitrogens is 5. The zero-order valence-corrected chi connectivity index (χ0v) is 12.0. The lowest BCUT2D eigenvalue weighted by Gasteiger charge is -2.21. The lowest BCUT2D eigenvalue weighted by molar-refractivity contribution is 0.237. The van der Waals surface area contributed by atoms with Gasteiger partial charge in [-0.25, -0.2) is 15.0 Å². The van der Waals surface area contributed by atoms with E-state index in [4.69, 9.17) is 0 Å². The Morgan fingerprint density at radius 1 is 1.40 bits per heavy atom. The van der Waals surface area contributed by atoms with E-state index in [1.165, 1.54) is 6.42 Å². The van der Waals surface area contributed by atoms with Gasteiger partial charge < -0.3 is 0 Å². The minimum Gasteiger partial charge on any atom is -0.287 e. The second kappa shape index (κ2) is 5.66. The van der Waals surface area contributed by atoms with Crippen LogP contribution in [0.3, 0.4) is 0 Å². The highest BCUT2D eigenvalue weighted by Gasteiger charge is 2.29. The van der Waals surface area contributed by atoms with Crippen molar-refractivity contribution in [2.75, 3.05) is 6.54 Å². The molecule has 1 aliphatic rings. The van der Waals surface area contributed by atoms with Crippen LogP contribution in [0.2, 0.25) is 0 Å². The molecule has 0 aliphatic carbocycles. The minimum atomic E-state index is 0.306. The standard InChI is InChI=1S/C14H20N6/c1-3-13-15-7-6-11(17-13)9-20-8-4-5-12(20)14-16-10(2)18-19-14/h6-7,12H,3-5,8-9H2,1-2H3,(H,16,18,19)/t12-/m1/s1. The summed E-state index contributed by atoms with van der Waals surface area (Å²) < 4.78 is 0. The van der Waals surface area contributed by atoms with Gasteiger partial charge >= 0.3 is 0 Å². The monoisotopic (exact) mass is 272 g/mol. The van der Waals surface area contributed by atoms with Crippen molar-refractivity contribution in [3.63, 3.8) is 0 Å². The molecule has 0 radical (unpaired) electrons. The van der Waals surface area contributed by atoms with Gasteiger partial charge in [0.25, 0.3) is 0 Å². The fraction of sp³-hybridized carbons (Fsp3) is 0.571. The van der Waals surface area contributed by atoms with Crippen LogP contribution in [0.5, 0.6) is 0 Å². The molecule has 2 aromatic heterocycles. The quantitative estimate of drug-likeness (QED) is 0.919. The molecule has 2 aromatic rings. The summed E-state index contributed by atoms with van der Waals surface area (Å²) in [6.45, 7) is 5.93. The van der Waals surface area contributed by atoms with Crippen molar-refractivity contribution in [1.29, 1.82) is 0 Å². The van der Waals surface area contributed by atoms with Crippen LogP contribution in [0.4, 0.5) is 0 Å². The Morgan fingerprint density at radius 2 is 2.30 bits per heavy atom. The summed E-state index contributed by atoms with van der Waals surface area (Å²) in [4.78, 5) is 15.7. The van der Waals surface area contributed by atoms with Gasteiger partial charge in [-0.2, -0.15) is 5.10 Å². The molecule has 106 valence electrons. The van der Waals surface area contributed by atoms with Crippen molar-refractivity contribution in [3.8, 4) is 0 Å². The smallest absolute Gasteiger partial charge is 0.167 e. The highest BCUT2D eigenvalue weighted by molar-refractivity contribution is 5.05. The number of aromatic amines is 1. The number of nitrogens with one attached hydrogen (secondary N) is 1. The largest absolute Gasteiger partial charge is 0.287 e. The van der Waals surface area contributed by atoms with Crippen LogP contribution in [0.15, 0.2) is 12.3 Å². The molecule has 0 spiro atoms. The van der Waals surface area contributed by atoms with E-state index in [2.05, 4.69) is 37.0 Å². The number of H-pyrrole nitrogens is 1. The molecule has 0 aromatic carbocycles. The van der Waals surface area contributed by atoms with Gasteiger partial charge in [-0.15, -0.1) is 0 Å². The van der Waals surface area contributed by atoms with Crippen LogP contribution in [-0.4, -0.2) is 36.6 Å². The van der Waals surface area contributed by atoms with Gasteiger partial charge in [0.2, 0.25) is 0 Å². The van der Waals surface area contributed by atoms with Crippen LogP contribution in [0.25, 0.3) is 0 Å². The molecule has 0 unspecified atom stereocenters. The van der Waals surface area contributed by atoms with Crippen molar-refractivity contribution in [2.45, 2.75) is 45.7 Å². The molecule has 6 heteroatoms. The first kappa shape index (κ1) is 13.2. The average Bonchev–Trinajstić information content (AvgIpc) is 3.08. The molecular formula is C14H20N6. The molecule has 3 heterocycles. The second-order valence-electron chi connectivity index (χ2n) is 5.23. The zero-order chi connectivity index (χ0) is 13.9. The Bertz CT molecular complexity index is 579. The van der Waals surface area contributed by atoms with E-state index in [0.29, 0.717) is 6.04 Å². The summed E-state index contributed by atoms with van der Waals surface area (Å²) in [5.74, 6) is 2.69. The first-order valence-electron chi connectivity index (χ1n) is 7.20. The molecular weight excluding hydrogens is 252 g/mol. The summed E-state index contributed by atoms with van der Waals surface area (Å²) in [7, 11) is 0. The zero-order valence-electron chi connectivity index (χ0n) is 12.0. The van der Waals surface area contributed by atoms with E-state index in [1.54, 1.807) is 0 Å². The molecule has 1 N–H and O–H groups in total. The van der Waals surface area contributed by atoms with Gasteiger partial charge in [0.1, 0.15) is 11.6 Å². The maximum absolute atomic E-state index is 4.59. The Hall–Kier alpha value is -1.82. The van der Waals surface area contributed by atoms with Crippen LogP contribution in [0, 0.1) is 6.92 Å². The molecule has 1 aliphatic heterocycles. The van der Waals surface area contributed by atoms with E-state index in [1.807, 2.05) is 19.2 Å². The van der Waals surface area contributed by atoms with Gasteiger partial charge in [-0.3, -0.25) is 10.00 Å². The van der Waals surface area contributed by atoms with E-state index < -0.39 is 0 Å². The summed E-state index contributed by atoms with van der Waals surface area (Å²) in [6.07, 6.45) is 5.02. The van der Waals surface area contributed by atoms with Crippen molar-refractivity contribution in [3.05, 3.63) is 35.4 Å². The van der Waals surface area contributed by atoms with Crippen molar-refractivity contribution in [1.82, 2.24) is 30.0 Å². The van der Waals surface area contributed by atoms with Crippen molar-refractivity contribution in [2.24, 2.45) is 0 Å². The molecule has 20 heavy (non-hydrogen) atoms. The van der Waals surface area contributed by atoms with E-state index >= 15 is 0 Å². The van der Waals surface area contributed by atoms with E-state index in [9.17, 15) is 0 Å². The third-order valence-electron chi connectivity index (χ3n) is 3.72. The first-order chi connectivity index (χ1) is 9.76. The topological polar surface area (TPSA) is 70.6 Å². The molecule has 0 amide bonds. The van der Waals surface area contributed by atoms with Gasteiger partial charge in [0.05, 0.1) is 11.7 Å². The van der Waals surface area contributed by atoms with E-state index in [0.717, 1.165) is 49.1 Å². The number of nitrogens with zero attached hydrogens (tertiary/aromatic N) is 5. The fourth-order valence-electron chi connectivity index (χ4n) is 2.72. The molecule has 0 bridgehead atoms. The van der Waals surface area contributed by atoms with Crippen LogP contribution >= 0.6 is 0 Å². The normalized spacial score (nSPS) is 19.6. The predicted octanol–water partition coefficient (Wildman–Crippen LogP) is 1.80. The minimum absolute atomic E-state index is 0.306. The molecule has 1 saturated heterocycles. The predicted molar refractivity (Wildman–Crippen MR) is 74.9 cm³/mol. The lowest BCUT2D eigenvalue weighted by Crippen LogP contribution is -2.24. The third kappa shape index (κ3) is 2.70. The number of hydrogen-bond donors (Lipinski definition) is 1. The first-order valence-corrected chi connectivity index (χ1v) is 7.20. The average molecular weight is 272 g/mol. The SMILES string of the molecule is CCc1nccc(CN2CCC[C@@H]2c2n[nH]c(C)n2)n1. The van der Waals surface area contributed by atoms with Gasteiger partial charge in [0.15, 0.2) is 5.82 Å². The second-order valence-corrected chi connectivity index (χ2v) is 5.23. The summed E-state index contributed by atoms with van der Waals surface area (Å²) >= 11 is 0. The Kier molecular flexibility index (Phi) is 3.73. The lowest BCUT2D eigenvalue weighted by atomic mass is 10.2. The number of hydrogen-bond acceptors (Lipinski definition) is 5. The van der Waals surface area contributed by atoms with Crippen molar-refractivity contribution >= 4 is 0 Å². The number of aryl methyl sites for hydroxylation is 2. The van der Waals surface area contributed by atoms with Crippen LogP contribution < -0.4 is 0 Å². The Balaban J connectivity index is 1.75. The molecule has 1 atom stereocenters. The highest BCUT2D eigenvalue weighted by Crippen LogP contribution is 2.30. The summed E-state index contributed by atoms with van der Waals surface area (Å²) in [5.41, 5.74) is 1.08. The maximum atomic E-state index is 4.59. The fourth-order valence-corrected chi connectivity index (χ4v) is 2.72. The molecule has 0 saturated carbocycles. The van der Waals surface area contributed by atoms with Gasteiger partial charge in [0, 0.05) is 19.2 Å². The van der Waals surface area contributed by atoms with Crippen molar-refractivity contribution < 1.29 is 0 Å².